The van der Waals surface area contributed by atoms with Crippen molar-refractivity contribution in [2.24, 2.45) is 11.8 Å². The molecule has 0 radical (unpaired) electrons. The molecule has 1 saturated carbocycles. The maximum atomic E-state index is 13.2. The SMILES string of the molecule is CO[C@H]1CN(C)C(=O)c2ccc(NC(=O)C3CCCCC3)cc2OC[C@@H](C)NC[C@@H]1C. The molecule has 2 aliphatic rings. The highest BCUT2D eigenvalue weighted by molar-refractivity contribution is 5.98. The van der Waals surface area contributed by atoms with Gasteiger partial charge in [0.2, 0.25) is 5.91 Å². The molecule has 0 bridgehead atoms. The predicted molar refractivity (Wildman–Crippen MR) is 122 cm³/mol. The zero-order valence-corrected chi connectivity index (χ0v) is 19.3. The van der Waals surface area contributed by atoms with Crippen molar-refractivity contribution in [2.45, 2.75) is 58.1 Å². The van der Waals surface area contributed by atoms with Gasteiger partial charge < -0.3 is 25.0 Å². The van der Waals surface area contributed by atoms with E-state index in [1.165, 1.54) is 6.42 Å². The van der Waals surface area contributed by atoms with Crippen LogP contribution in [0.25, 0.3) is 0 Å². The van der Waals surface area contributed by atoms with Crippen LogP contribution in [0.4, 0.5) is 5.69 Å². The fraction of sp³-hybridized carbons (Fsp3) is 0.667. The third-order valence-electron chi connectivity index (χ3n) is 6.47. The van der Waals surface area contributed by atoms with Crippen molar-refractivity contribution in [3.05, 3.63) is 23.8 Å². The summed E-state index contributed by atoms with van der Waals surface area (Å²) in [5.41, 5.74) is 1.16. The van der Waals surface area contributed by atoms with Crippen LogP contribution in [0.2, 0.25) is 0 Å². The van der Waals surface area contributed by atoms with Gasteiger partial charge in [-0.3, -0.25) is 9.59 Å². The van der Waals surface area contributed by atoms with E-state index in [0.29, 0.717) is 30.2 Å². The van der Waals surface area contributed by atoms with Gasteiger partial charge in [0.1, 0.15) is 12.4 Å². The Bertz CT molecular complexity index is 763. The van der Waals surface area contributed by atoms with Crippen LogP contribution in [0, 0.1) is 11.8 Å². The Morgan fingerprint density at radius 2 is 1.97 bits per heavy atom. The molecule has 1 aliphatic heterocycles. The van der Waals surface area contributed by atoms with E-state index in [1.807, 2.05) is 0 Å². The number of benzene rings is 1. The highest BCUT2D eigenvalue weighted by Crippen LogP contribution is 2.28. The molecular formula is C24H37N3O4. The number of anilines is 1. The summed E-state index contributed by atoms with van der Waals surface area (Å²) < 4.78 is 11.7. The first-order valence-electron chi connectivity index (χ1n) is 11.5. The fourth-order valence-electron chi connectivity index (χ4n) is 4.34. The molecule has 2 N–H and O–H groups in total. The second-order valence-corrected chi connectivity index (χ2v) is 9.09. The summed E-state index contributed by atoms with van der Waals surface area (Å²) in [6.07, 6.45) is 5.25. The van der Waals surface area contributed by atoms with E-state index in [4.69, 9.17) is 9.47 Å². The minimum Gasteiger partial charge on any atom is -0.491 e. The van der Waals surface area contributed by atoms with Crippen LogP contribution in [-0.2, 0) is 9.53 Å². The van der Waals surface area contributed by atoms with Crippen molar-refractivity contribution in [2.75, 3.05) is 39.2 Å². The predicted octanol–water partition coefficient (Wildman–Crippen LogP) is 3.30. The van der Waals surface area contributed by atoms with Crippen molar-refractivity contribution in [3.63, 3.8) is 0 Å². The molecule has 2 amide bonds. The van der Waals surface area contributed by atoms with Crippen LogP contribution >= 0.6 is 0 Å². The van der Waals surface area contributed by atoms with Crippen LogP contribution in [0.15, 0.2) is 18.2 Å². The van der Waals surface area contributed by atoms with Crippen LogP contribution in [-0.4, -0.2) is 62.7 Å². The smallest absolute Gasteiger partial charge is 0.257 e. The lowest BCUT2D eigenvalue weighted by Gasteiger charge is -2.30. The summed E-state index contributed by atoms with van der Waals surface area (Å²) in [5, 5.41) is 6.51. The second kappa shape index (κ2) is 11.0. The highest BCUT2D eigenvalue weighted by atomic mass is 16.5. The van der Waals surface area contributed by atoms with E-state index in [0.717, 1.165) is 32.2 Å². The van der Waals surface area contributed by atoms with E-state index in [1.54, 1.807) is 37.3 Å². The summed E-state index contributed by atoms with van der Waals surface area (Å²) in [6, 6.07) is 5.43. The Kier molecular flexibility index (Phi) is 8.32. The van der Waals surface area contributed by atoms with Gasteiger partial charge in [-0.05, 0) is 37.8 Å². The van der Waals surface area contributed by atoms with Gasteiger partial charge in [-0.1, -0.05) is 26.2 Å². The first-order chi connectivity index (χ1) is 14.9. The Morgan fingerprint density at radius 1 is 1.23 bits per heavy atom. The van der Waals surface area contributed by atoms with Crippen LogP contribution in [0.5, 0.6) is 5.75 Å². The Balaban J connectivity index is 1.81. The monoisotopic (exact) mass is 431 g/mol. The molecule has 1 aromatic rings. The first-order valence-corrected chi connectivity index (χ1v) is 11.5. The van der Waals surface area contributed by atoms with Crippen molar-refractivity contribution in [1.82, 2.24) is 10.2 Å². The van der Waals surface area contributed by atoms with Gasteiger partial charge in [-0.2, -0.15) is 0 Å². The quantitative estimate of drug-likeness (QED) is 0.768. The largest absolute Gasteiger partial charge is 0.491 e. The number of ether oxygens (including phenoxy) is 2. The molecule has 7 nitrogen and oxygen atoms in total. The normalized spacial score (nSPS) is 26.3. The molecule has 3 atom stereocenters. The standard InChI is InChI=1S/C24H37N3O4/c1-16-13-25-17(2)15-31-21-12-19(26-23(28)18-8-6-5-7-9-18)10-11-20(21)24(29)27(3)14-22(16)30-4/h10-12,16-18,22,25H,5-9,13-15H2,1-4H3,(H,26,28)/t16-,17+,22-/m0/s1. The van der Waals surface area contributed by atoms with E-state index >= 15 is 0 Å². The van der Waals surface area contributed by atoms with E-state index in [2.05, 4.69) is 24.5 Å². The molecule has 3 rings (SSSR count). The van der Waals surface area contributed by atoms with Gasteiger partial charge in [0.05, 0.1) is 11.7 Å². The first kappa shape index (κ1) is 23.5. The summed E-state index contributed by atoms with van der Waals surface area (Å²) in [7, 11) is 3.47. The molecule has 1 fully saturated rings. The number of likely N-dealkylation sites (N-methyl/N-ethyl adjacent to an activating group) is 1. The molecule has 172 valence electrons. The summed E-state index contributed by atoms with van der Waals surface area (Å²) in [4.78, 5) is 27.5. The molecule has 0 spiro atoms. The van der Waals surface area contributed by atoms with Crippen LogP contribution in [0.1, 0.15) is 56.3 Å². The Hall–Kier alpha value is -2.12. The molecule has 0 unspecified atom stereocenters. The number of carbonyl (C=O) groups excluding carboxylic acids is 2. The topological polar surface area (TPSA) is 79.9 Å². The summed E-state index contributed by atoms with van der Waals surface area (Å²) in [6.45, 7) is 5.87. The lowest BCUT2D eigenvalue weighted by molar-refractivity contribution is -0.120. The zero-order valence-electron chi connectivity index (χ0n) is 19.3. The number of rotatable bonds is 3. The van der Waals surface area contributed by atoms with Crippen LogP contribution in [0.3, 0.4) is 0 Å². The average Bonchev–Trinajstić information content (AvgIpc) is 2.79. The van der Waals surface area contributed by atoms with Gasteiger partial charge in [0.25, 0.3) is 5.91 Å². The molecule has 1 aromatic carbocycles. The number of methoxy groups -OCH3 is 1. The molecule has 1 heterocycles. The molecular weight excluding hydrogens is 394 g/mol. The van der Waals surface area contributed by atoms with Gasteiger partial charge in [-0.15, -0.1) is 0 Å². The van der Waals surface area contributed by atoms with E-state index < -0.39 is 0 Å². The number of amides is 2. The van der Waals surface area contributed by atoms with Gasteiger partial charge >= 0.3 is 0 Å². The van der Waals surface area contributed by atoms with Gasteiger partial charge in [0, 0.05) is 51.0 Å². The van der Waals surface area contributed by atoms with Crippen LogP contribution < -0.4 is 15.4 Å². The summed E-state index contributed by atoms with van der Waals surface area (Å²) >= 11 is 0. The fourth-order valence-corrected chi connectivity index (χ4v) is 4.34. The number of hydrogen-bond acceptors (Lipinski definition) is 5. The van der Waals surface area contributed by atoms with Gasteiger partial charge in [0.15, 0.2) is 0 Å². The number of fused-ring (bicyclic) bond motifs is 1. The third-order valence-corrected chi connectivity index (χ3v) is 6.47. The molecule has 1 aliphatic carbocycles. The number of nitrogens with zero attached hydrogens (tertiary/aromatic N) is 1. The number of nitrogens with one attached hydrogen (secondary N) is 2. The van der Waals surface area contributed by atoms with Crippen molar-refractivity contribution >= 4 is 17.5 Å². The highest BCUT2D eigenvalue weighted by Gasteiger charge is 2.26. The Labute approximate surface area is 185 Å². The second-order valence-electron chi connectivity index (χ2n) is 9.09. The summed E-state index contributed by atoms with van der Waals surface area (Å²) in [5.74, 6) is 0.757. The molecule has 0 saturated heterocycles. The number of carbonyl (C=O) groups is 2. The molecule has 7 heteroatoms. The minimum atomic E-state index is -0.115. The zero-order chi connectivity index (χ0) is 22.4. The van der Waals surface area contributed by atoms with E-state index in [-0.39, 0.29) is 35.8 Å². The molecule has 31 heavy (non-hydrogen) atoms. The van der Waals surface area contributed by atoms with Crippen molar-refractivity contribution in [1.29, 1.82) is 0 Å². The molecule has 0 aromatic heterocycles. The third kappa shape index (κ3) is 6.20. The van der Waals surface area contributed by atoms with Gasteiger partial charge in [-0.25, -0.2) is 0 Å². The maximum Gasteiger partial charge on any atom is 0.257 e. The minimum absolute atomic E-state index is 0.0585. The van der Waals surface area contributed by atoms with Crippen molar-refractivity contribution in [3.8, 4) is 5.75 Å². The number of hydrogen-bond donors (Lipinski definition) is 2. The maximum absolute atomic E-state index is 13.2. The lowest BCUT2D eigenvalue weighted by atomic mass is 9.88. The van der Waals surface area contributed by atoms with E-state index in [9.17, 15) is 9.59 Å². The Morgan fingerprint density at radius 3 is 2.68 bits per heavy atom. The average molecular weight is 432 g/mol. The lowest BCUT2D eigenvalue weighted by Crippen LogP contribution is -2.44. The van der Waals surface area contributed by atoms with Crippen molar-refractivity contribution < 1.29 is 19.1 Å².